The molecule has 8 heteroatoms. The van der Waals surface area contributed by atoms with Crippen LogP contribution in [0, 0.1) is 0 Å². The summed E-state index contributed by atoms with van der Waals surface area (Å²) in [5.41, 5.74) is 0.251. The quantitative estimate of drug-likeness (QED) is 0.527. The molecular weight excluding hydrogens is 403 g/mol. The Bertz CT molecular complexity index is 1070. The van der Waals surface area contributed by atoms with Crippen LogP contribution in [0.3, 0.4) is 0 Å². The monoisotopic (exact) mass is 421 g/mol. The summed E-state index contributed by atoms with van der Waals surface area (Å²) in [5, 5.41) is -0.513. The fourth-order valence-electron chi connectivity index (χ4n) is 2.53. The van der Waals surface area contributed by atoms with Gasteiger partial charge in [-0.25, -0.2) is 8.42 Å². The Balaban J connectivity index is 1.72. The molecule has 0 saturated heterocycles. The molecule has 0 aliphatic rings. The molecule has 0 spiro atoms. The lowest BCUT2D eigenvalue weighted by Gasteiger charge is -2.10. The number of hydrogen-bond donors (Lipinski definition) is 0. The minimum absolute atomic E-state index is 0.226. The van der Waals surface area contributed by atoms with E-state index in [2.05, 4.69) is 4.98 Å². The standard InChI is InChI=1S/C21H18F3NO3S/c1-14(2)29(26,27)19-10-8-18(9-11-19)28-17-6-3-15(4-7-17)20-12-5-16(13-25-20)21(22,23)24/h3-14H,1-2H3. The van der Waals surface area contributed by atoms with Crippen molar-refractivity contribution in [3.8, 4) is 22.8 Å². The first-order valence-corrected chi connectivity index (χ1v) is 10.3. The van der Waals surface area contributed by atoms with E-state index in [9.17, 15) is 21.6 Å². The van der Waals surface area contributed by atoms with Crippen LogP contribution in [0.5, 0.6) is 11.5 Å². The molecule has 1 aromatic heterocycles. The minimum Gasteiger partial charge on any atom is -0.457 e. The fraction of sp³-hybridized carbons (Fsp3) is 0.190. The van der Waals surface area contributed by atoms with Gasteiger partial charge in [0.25, 0.3) is 0 Å². The van der Waals surface area contributed by atoms with Crippen LogP contribution in [0.25, 0.3) is 11.3 Å². The second-order valence-electron chi connectivity index (χ2n) is 6.62. The number of rotatable bonds is 5. The van der Waals surface area contributed by atoms with Gasteiger partial charge in [-0.05, 0) is 74.5 Å². The second kappa shape index (κ2) is 7.87. The number of ether oxygens (including phenoxy) is 1. The predicted octanol–water partition coefficient (Wildman–Crippen LogP) is 5.74. The van der Waals surface area contributed by atoms with Crippen LogP contribution in [-0.4, -0.2) is 18.7 Å². The number of pyridine rings is 1. The van der Waals surface area contributed by atoms with Crippen LogP contribution >= 0.6 is 0 Å². The lowest BCUT2D eigenvalue weighted by atomic mass is 10.1. The van der Waals surface area contributed by atoms with Crippen molar-refractivity contribution < 1.29 is 26.3 Å². The summed E-state index contributed by atoms with van der Waals surface area (Å²) in [6.45, 7) is 3.24. The van der Waals surface area contributed by atoms with E-state index in [-0.39, 0.29) is 4.90 Å². The molecule has 0 aliphatic carbocycles. The zero-order valence-electron chi connectivity index (χ0n) is 15.6. The number of sulfone groups is 1. The Morgan fingerprint density at radius 2 is 1.41 bits per heavy atom. The first kappa shape index (κ1) is 20.9. The summed E-state index contributed by atoms with van der Waals surface area (Å²) < 4.78 is 67.8. The zero-order valence-corrected chi connectivity index (χ0v) is 16.5. The highest BCUT2D eigenvalue weighted by molar-refractivity contribution is 7.92. The Hall–Kier alpha value is -2.87. The summed E-state index contributed by atoms with van der Waals surface area (Å²) in [7, 11) is -3.35. The van der Waals surface area contributed by atoms with Gasteiger partial charge in [-0.1, -0.05) is 0 Å². The van der Waals surface area contributed by atoms with Crippen molar-refractivity contribution in [3.05, 3.63) is 72.4 Å². The molecule has 0 unspecified atom stereocenters. The van der Waals surface area contributed by atoms with Crippen LogP contribution in [0.2, 0.25) is 0 Å². The third-order valence-corrected chi connectivity index (χ3v) is 6.42. The third-order valence-electron chi connectivity index (χ3n) is 4.25. The normalized spacial score (nSPS) is 12.2. The first-order valence-electron chi connectivity index (χ1n) is 8.73. The van der Waals surface area contributed by atoms with Crippen molar-refractivity contribution in [2.24, 2.45) is 0 Å². The molecule has 3 aromatic rings. The van der Waals surface area contributed by atoms with Crippen LogP contribution in [-0.2, 0) is 16.0 Å². The maximum absolute atomic E-state index is 12.6. The molecule has 0 saturated carbocycles. The van der Waals surface area contributed by atoms with E-state index >= 15 is 0 Å². The highest BCUT2D eigenvalue weighted by Gasteiger charge is 2.30. The van der Waals surface area contributed by atoms with Gasteiger partial charge >= 0.3 is 6.18 Å². The maximum atomic E-state index is 12.6. The largest absolute Gasteiger partial charge is 0.457 e. The van der Waals surface area contributed by atoms with Crippen molar-refractivity contribution in [2.75, 3.05) is 0 Å². The van der Waals surface area contributed by atoms with Gasteiger partial charge in [0.15, 0.2) is 9.84 Å². The van der Waals surface area contributed by atoms with E-state index in [0.717, 1.165) is 12.3 Å². The van der Waals surface area contributed by atoms with E-state index in [0.29, 0.717) is 22.8 Å². The zero-order chi connectivity index (χ0) is 21.2. The van der Waals surface area contributed by atoms with Gasteiger partial charge in [-0.3, -0.25) is 4.98 Å². The molecule has 0 atom stereocenters. The molecule has 0 bridgehead atoms. The highest BCUT2D eigenvalue weighted by atomic mass is 32.2. The number of halogens is 3. The molecule has 0 amide bonds. The average Bonchev–Trinajstić information content (AvgIpc) is 2.68. The molecule has 0 fully saturated rings. The van der Waals surface area contributed by atoms with Crippen molar-refractivity contribution in [1.29, 1.82) is 0 Å². The van der Waals surface area contributed by atoms with Crippen LogP contribution < -0.4 is 4.74 Å². The number of hydrogen-bond acceptors (Lipinski definition) is 4. The molecule has 29 heavy (non-hydrogen) atoms. The number of nitrogens with zero attached hydrogens (tertiary/aromatic N) is 1. The van der Waals surface area contributed by atoms with Crippen LogP contribution in [0.15, 0.2) is 71.8 Å². The summed E-state index contributed by atoms with van der Waals surface area (Å²) in [4.78, 5) is 4.08. The SMILES string of the molecule is CC(C)S(=O)(=O)c1ccc(Oc2ccc(-c3ccc(C(F)(F)F)cn3)cc2)cc1. The van der Waals surface area contributed by atoms with Crippen molar-refractivity contribution in [2.45, 2.75) is 30.2 Å². The van der Waals surface area contributed by atoms with Gasteiger partial charge in [0, 0.05) is 11.8 Å². The Morgan fingerprint density at radius 3 is 1.86 bits per heavy atom. The van der Waals surface area contributed by atoms with E-state index in [1.165, 1.54) is 18.2 Å². The molecule has 1 heterocycles. The number of benzene rings is 2. The highest BCUT2D eigenvalue weighted by Crippen LogP contribution is 2.30. The topological polar surface area (TPSA) is 56.3 Å². The predicted molar refractivity (Wildman–Crippen MR) is 104 cm³/mol. The molecule has 2 aromatic carbocycles. The molecule has 0 N–H and O–H groups in total. The summed E-state index contributed by atoms with van der Waals surface area (Å²) in [6.07, 6.45) is -3.63. The molecule has 0 radical (unpaired) electrons. The summed E-state index contributed by atoms with van der Waals surface area (Å²) in [6, 6.07) is 15.1. The van der Waals surface area contributed by atoms with Gasteiger partial charge in [0.1, 0.15) is 11.5 Å². The van der Waals surface area contributed by atoms with Gasteiger partial charge in [0.05, 0.1) is 21.4 Å². The van der Waals surface area contributed by atoms with Crippen LogP contribution in [0.4, 0.5) is 13.2 Å². The van der Waals surface area contributed by atoms with Gasteiger partial charge < -0.3 is 4.74 Å². The van der Waals surface area contributed by atoms with E-state index in [1.54, 1.807) is 50.2 Å². The van der Waals surface area contributed by atoms with Crippen LogP contribution in [0.1, 0.15) is 19.4 Å². The van der Waals surface area contributed by atoms with Gasteiger partial charge in [-0.2, -0.15) is 13.2 Å². The van der Waals surface area contributed by atoms with E-state index < -0.39 is 26.8 Å². The maximum Gasteiger partial charge on any atom is 0.417 e. The van der Waals surface area contributed by atoms with Gasteiger partial charge in [0.2, 0.25) is 0 Å². The molecule has 0 aliphatic heterocycles. The molecule has 3 rings (SSSR count). The Kier molecular flexibility index (Phi) is 5.66. The average molecular weight is 421 g/mol. The molecule has 4 nitrogen and oxygen atoms in total. The Labute approximate surface area is 166 Å². The van der Waals surface area contributed by atoms with Gasteiger partial charge in [-0.15, -0.1) is 0 Å². The second-order valence-corrected chi connectivity index (χ2v) is 9.13. The minimum atomic E-state index is -4.42. The fourth-order valence-corrected chi connectivity index (χ4v) is 3.59. The van der Waals surface area contributed by atoms with Crippen molar-refractivity contribution in [1.82, 2.24) is 4.98 Å². The number of aromatic nitrogens is 1. The van der Waals surface area contributed by atoms with E-state index in [1.807, 2.05) is 0 Å². The number of alkyl halides is 3. The molecule has 152 valence electrons. The summed E-state index contributed by atoms with van der Waals surface area (Å²) >= 11 is 0. The third kappa shape index (κ3) is 4.76. The summed E-state index contributed by atoms with van der Waals surface area (Å²) in [5.74, 6) is 0.966. The molecular formula is C21H18F3NO3S. The smallest absolute Gasteiger partial charge is 0.417 e. The first-order chi connectivity index (χ1) is 13.6. The Morgan fingerprint density at radius 1 is 0.862 bits per heavy atom. The van der Waals surface area contributed by atoms with E-state index in [4.69, 9.17) is 4.74 Å². The van der Waals surface area contributed by atoms with Crippen molar-refractivity contribution >= 4 is 9.84 Å². The lowest BCUT2D eigenvalue weighted by Crippen LogP contribution is -2.13. The van der Waals surface area contributed by atoms with Crippen molar-refractivity contribution in [3.63, 3.8) is 0 Å². The lowest BCUT2D eigenvalue weighted by molar-refractivity contribution is -0.137.